The van der Waals surface area contributed by atoms with Crippen LogP contribution in [0.3, 0.4) is 0 Å². The van der Waals surface area contributed by atoms with Crippen LogP contribution in [-0.4, -0.2) is 18.3 Å². The highest BCUT2D eigenvalue weighted by molar-refractivity contribution is 6.00. The van der Waals surface area contributed by atoms with Crippen molar-refractivity contribution in [1.29, 1.82) is 0 Å². The number of rotatable bonds is 7. The molecule has 0 heterocycles. The third-order valence-electron chi connectivity index (χ3n) is 4.27. The van der Waals surface area contributed by atoms with Gasteiger partial charge in [-0.2, -0.15) is 13.2 Å². The van der Waals surface area contributed by atoms with E-state index in [0.717, 1.165) is 24.6 Å². The monoisotopic (exact) mass is 431 g/mol. The number of alkyl halides is 3. The summed E-state index contributed by atoms with van der Waals surface area (Å²) in [7, 11) is 0. The lowest BCUT2D eigenvalue weighted by atomic mass is 10.1. The van der Waals surface area contributed by atoms with Crippen LogP contribution in [0.5, 0.6) is 17.2 Å². The van der Waals surface area contributed by atoms with Gasteiger partial charge in [0, 0.05) is 18.2 Å². The van der Waals surface area contributed by atoms with Crippen molar-refractivity contribution < 1.29 is 32.2 Å². The van der Waals surface area contributed by atoms with Crippen LogP contribution in [0, 0.1) is 0 Å². The number of ketones is 1. The van der Waals surface area contributed by atoms with Gasteiger partial charge < -0.3 is 14.8 Å². The lowest BCUT2D eigenvalue weighted by Crippen LogP contribution is -2.24. The average molecular weight is 431 g/mol. The summed E-state index contributed by atoms with van der Waals surface area (Å²) in [6, 6.07) is 8.95. The van der Waals surface area contributed by atoms with Gasteiger partial charge >= 0.3 is 6.18 Å². The van der Waals surface area contributed by atoms with Crippen molar-refractivity contribution in [2.24, 2.45) is 0 Å². The predicted octanol–water partition coefficient (Wildman–Crippen LogP) is 5.43. The Labute approximate surface area is 177 Å². The van der Waals surface area contributed by atoms with Crippen LogP contribution in [-0.2, 0) is 11.0 Å². The molecule has 0 radical (unpaired) electrons. The van der Waals surface area contributed by atoms with E-state index in [1.54, 1.807) is 24.3 Å². The third-order valence-corrected chi connectivity index (χ3v) is 4.27. The molecule has 1 aliphatic rings. The Hall–Kier alpha value is -3.55. The van der Waals surface area contributed by atoms with E-state index in [9.17, 15) is 22.8 Å². The molecule has 1 amide bonds. The molecular weight excluding hydrogens is 411 g/mol. The van der Waals surface area contributed by atoms with Gasteiger partial charge in [0.2, 0.25) is 0 Å². The highest BCUT2D eigenvalue weighted by Crippen LogP contribution is 2.35. The summed E-state index contributed by atoms with van der Waals surface area (Å²) in [5.41, 5.74) is -0.801. The fourth-order valence-corrected chi connectivity index (χ4v) is 2.78. The largest absolute Gasteiger partial charge is 0.494 e. The molecule has 5 nitrogen and oxygen atoms in total. The molecule has 0 aromatic heterocycles. The van der Waals surface area contributed by atoms with Crippen LogP contribution in [0.1, 0.15) is 35.7 Å². The van der Waals surface area contributed by atoms with Crippen molar-refractivity contribution >= 4 is 11.7 Å². The Morgan fingerprint density at radius 2 is 1.81 bits per heavy atom. The van der Waals surface area contributed by atoms with Gasteiger partial charge in [0.15, 0.2) is 5.78 Å². The summed E-state index contributed by atoms with van der Waals surface area (Å²) < 4.78 is 50.7. The van der Waals surface area contributed by atoms with Crippen LogP contribution in [0.25, 0.3) is 0 Å². The van der Waals surface area contributed by atoms with Crippen LogP contribution in [0.4, 0.5) is 13.2 Å². The molecule has 2 aromatic carbocycles. The number of hydrogen-bond donors (Lipinski definition) is 1. The van der Waals surface area contributed by atoms with Gasteiger partial charge in [0.1, 0.15) is 17.2 Å². The maximum Gasteiger partial charge on any atom is 0.416 e. The molecule has 0 bridgehead atoms. The van der Waals surface area contributed by atoms with E-state index >= 15 is 0 Å². The van der Waals surface area contributed by atoms with Crippen LogP contribution < -0.4 is 14.8 Å². The molecule has 0 unspecified atom stereocenters. The predicted molar refractivity (Wildman–Crippen MR) is 108 cm³/mol. The molecule has 2 aromatic rings. The molecule has 3 rings (SSSR count). The van der Waals surface area contributed by atoms with E-state index in [1.165, 1.54) is 18.2 Å². The topological polar surface area (TPSA) is 64.6 Å². The Morgan fingerprint density at radius 1 is 1.10 bits per heavy atom. The summed E-state index contributed by atoms with van der Waals surface area (Å²) in [6.07, 6.45) is 0.858. The van der Waals surface area contributed by atoms with Gasteiger partial charge in [0.05, 0.1) is 17.7 Å². The molecule has 31 heavy (non-hydrogen) atoms. The molecular formula is C23H20F3NO4. The Morgan fingerprint density at radius 3 is 2.45 bits per heavy atom. The Kier molecular flexibility index (Phi) is 6.79. The van der Waals surface area contributed by atoms with Crippen LogP contribution in [0.15, 0.2) is 66.4 Å². The van der Waals surface area contributed by atoms with Crippen molar-refractivity contribution in [1.82, 2.24) is 5.32 Å². The second-order valence-electron chi connectivity index (χ2n) is 6.76. The average Bonchev–Trinajstić information content (AvgIpc) is 2.72. The number of allylic oxidation sites excluding steroid dienone is 3. The maximum absolute atomic E-state index is 13.2. The number of hydrogen-bond acceptors (Lipinski definition) is 4. The van der Waals surface area contributed by atoms with Crippen molar-refractivity contribution in [3.05, 3.63) is 77.5 Å². The summed E-state index contributed by atoms with van der Waals surface area (Å²) >= 11 is 0. The molecule has 0 saturated heterocycles. The molecule has 0 aliphatic heterocycles. The zero-order chi connectivity index (χ0) is 22.4. The number of halogens is 3. The molecule has 1 N–H and O–H groups in total. The summed E-state index contributed by atoms with van der Waals surface area (Å²) in [4.78, 5) is 24.2. The minimum atomic E-state index is -4.61. The number of ether oxygens (including phenoxy) is 2. The van der Waals surface area contributed by atoms with Crippen LogP contribution >= 0.6 is 0 Å². The molecule has 0 fully saturated rings. The first kappa shape index (κ1) is 22.1. The number of nitrogens with one attached hydrogen (secondary N) is 1. The molecule has 0 saturated carbocycles. The van der Waals surface area contributed by atoms with Crippen molar-refractivity contribution in [3.63, 3.8) is 0 Å². The molecule has 8 heteroatoms. The number of carbonyl (C=O) groups excluding carboxylic acids is 2. The van der Waals surface area contributed by atoms with Gasteiger partial charge in [-0.25, -0.2) is 0 Å². The summed E-state index contributed by atoms with van der Waals surface area (Å²) in [6.45, 7) is 2.50. The SMILES string of the molecule is CCCOc1ccc(Oc2cc(C(F)(F)F)ccc2C(=O)NC2=CC(=O)CC=C2)cc1. The lowest BCUT2D eigenvalue weighted by molar-refractivity contribution is -0.137. The minimum Gasteiger partial charge on any atom is -0.494 e. The lowest BCUT2D eigenvalue weighted by Gasteiger charge is -2.15. The smallest absolute Gasteiger partial charge is 0.416 e. The first-order valence-corrected chi connectivity index (χ1v) is 9.60. The quantitative estimate of drug-likeness (QED) is 0.635. The first-order valence-electron chi connectivity index (χ1n) is 9.60. The van der Waals surface area contributed by atoms with E-state index in [-0.39, 0.29) is 35.0 Å². The number of benzene rings is 2. The second-order valence-corrected chi connectivity index (χ2v) is 6.76. The maximum atomic E-state index is 13.2. The molecule has 1 aliphatic carbocycles. The Bertz CT molecular complexity index is 1020. The molecule has 162 valence electrons. The normalized spacial score (nSPS) is 13.5. The number of amides is 1. The summed E-state index contributed by atoms with van der Waals surface area (Å²) in [5, 5.41) is 2.52. The molecule has 0 spiro atoms. The van der Waals surface area contributed by atoms with E-state index < -0.39 is 17.6 Å². The Balaban J connectivity index is 1.88. The van der Waals surface area contributed by atoms with Gasteiger partial charge in [-0.3, -0.25) is 9.59 Å². The summed E-state index contributed by atoms with van der Waals surface area (Å²) in [5.74, 6) is -0.313. The zero-order valence-electron chi connectivity index (χ0n) is 16.7. The van der Waals surface area contributed by atoms with Crippen molar-refractivity contribution in [3.8, 4) is 17.2 Å². The van der Waals surface area contributed by atoms with E-state index in [4.69, 9.17) is 9.47 Å². The van der Waals surface area contributed by atoms with Gasteiger partial charge in [0.25, 0.3) is 5.91 Å². The number of carbonyl (C=O) groups is 2. The van der Waals surface area contributed by atoms with E-state index in [0.29, 0.717) is 12.4 Å². The highest BCUT2D eigenvalue weighted by atomic mass is 19.4. The van der Waals surface area contributed by atoms with E-state index in [2.05, 4.69) is 5.32 Å². The fraction of sp³-hybridized carbons (Fsp3) is 0.217. The standard InChI is InChI=1S/C23H20F3NO4/c1-2-12-30-18-7-9-19(10-8-18)31-21-13-15(23(24,25)26)6-11-20(21)22(29)27-16-4-3-5-17(28)14-16/h3-4,6-11,13-14H,2,5,12H2,1H3,(H,27,29). The third kappa shape index (κ3) is 5.97. The van der Waals surface area contributed by atoms with Crippen molar-refractivity contribution in [2.75, 3.05) is 6.61 Å². The van der Waals surface area contributed by atoms with Gasteiger partial charge in [-0.1, -0.05) is 13.0 Å². The second kappa shape index (κ2) is 9.51. The minimum absolute atomic E-state index is 0.105. The molecule has 0 atom stereocenters. The van der Waals surface area contributed by atoms with Crippen molar-refractivity contribution in [2.45, 2.75) is 25.9 Å². The van der Waals surface area contributed by atoms with Gasteiger partial charge in [-0.05, 0) is 55.0 Å². The zero-order valence-corrected chi connectivity index (χ0v) is 16.7. The highest BCUT2D eigenvalue weighted by Gasteiger charge is 2.32. The van der Waals surface area contributed by atoms with E-state index in [1.807, 2.05) is 6.92 Å². The van der Waals surface area contributed by atoms with Crippen LogP contribution in [0.2, 0.25) is 0 Å². The fourth-order valence-electron chi connectivity index (χ4n) is 2.78. The first-order chi connectivity index (χ1) is 14.8. The van der Waals surface area contributed by atoms with Gasteiger partial charge in [-0.15, -0.1) is 0 Å².